The Bertz CT molecular complexity index is 1480. The number of benzene rings is 2. The summed E-state index contributed by atoms with van der Waals surface area (Å²) in [6.45, 7) is 5.30. The van der Waals surface area contributed by atoms with Crippen LogP contribution in [0.15, 0.2) is 48.5 Å². The monoisotopic (exact) mass is 579 g/mol. The van der Waals surface area contributed by atoms with Gasteiger partial charge in [0.25, 0.3) is 5.91 Å². The number of likely N-dealkylation sites (tertiary alicyclic amines) is 1. The molecule has 3 saturated heterocycles. The number of aliphatic hydroxyl groups is 1. The Labute approximate surface area is 242 Å². The minimum Gasteiger partial charge on any atom is -0.504 e. The molecular weight excluding hydrogens is 546 g/mol. The summed E-state index contributed by atoms with van der Waals surface area (Å²) in [7, 11) is 1.43. The lowest BCUT2D eigenvalue weighted by atomic mass is 9.52. The molecule has 0 bridgehead atoms. The Morgan fingerprint density at radius 1 is 1.10 bits per heavy atom. The Balaban J connectivity index is 1.48. The predicted molar refractivity (Wildman–Crippen MR) is 144 cm³/mol. The fourth-order valence-electron chi connectivity index (χ4n) is 7.71. The van der Waals surface area contributed by atoms with E-state index in [4.69, 9.17) is 18.9 Å². The first-order valence-corrected chi connectivity index (χ1v) is 13.9. The van der Waals surface area contributed by atoms with Crippen molar-refractivity contribution in [3.63, 3.8) is 0 Å². The standard InChI is InChI=1S/C31H33NO10/c1-28(2,3)30(38)15-21-29(16-22(34)40-21)27(37)42-26-31(29,30)23(41-25(36)18-8-6-5-7-9-18)24(35)32(26)13-12-17-10-11-20(39-4)19(33)14-17/h5-11,14,21,23,26,33,38H,12-13,15-16H2,1-4H3/t21-,23-,26-,29?,30+,31?/m0/s1. The lowest BCUT2D eigenvalue weighted by Crippen LogP contribution is -2.66. The van der Waals surface area contributed by atoms with E-state index in [1.54, 1.807) is 51.1 Å². The van der Waals surface area contributed by atoms with E-state index in [0.717, 1.165) is 0 Å². The molecule has 2 aromatic rings. The van der Waals surface area contributed by atoms with Gasteiger partial charge in [0.05, 0.1) is 24.7 Å². The first-order chi connectivity index (χ1) is 19.8. The first kappa shape index (κ1) is 28.0. The molecule has 11 nitrogen and oxygen atoms in total. The van der Waals surface area contributed by atoms with Crippen molar-refractivity contribution < 1.29 is 48.3 Å². The van der Waals surface area contributed by atoms with E-state index in [9.17, 15) is 29.4 Å². The highest BCUT2D eigenvalue weighted by atomic mass is 16.6. The predicted octanol–water partition coefficient (Wildman–Crippen LogP) is 2.36. The summed E-state index contributed by atoms with van der Waals surface area (Å²) in [5.74, 6) is -2.69. The van der Waals surface area contributed by atoms with Gasteiger partial charge in [-0.15, -0.1) is 0 Å². The Kier molecular flexibility index (Phi) is 6.13. The van der Waals surface area contributed by atoms with Crippen LogP contribution < -0.4 is 4.74 Å². The average Bonchev–Trinajstić information content (AvgIpc) is 3.55. The normalized spacial score (nSPS) is 33.1. The number of hydrogen-bond donors (Lipinski definition) is 2. The molecule has 1 saturated carbocycles. The Morgan fingerprint density at radius 2 is 1.81 bits per heavy atom. The summed E-state index contributed by atoms with van der Waals surface area (Å²) in [6, 6.07) is 12.9. The van der Waals surface area contributed by atoms with Crippen LogP contribution in [0.25, 0.3) is 0 Å². The van der Waals surface area contributed by atoms with Gasteiger partial charge in [-0.2, -0.15) is 0 Å². The number of ether oxygens (including phenoxy) is 4. The van der Waals surface area contributed by atoms with Crippen LogP contribution in [0.4, 0.5) is 0 Å². The molecule has 6 atom stereocenters. The summed E-state index contributed by atoms with van der Waals surface area (Å²) in [5, 5.41) is 23.0. The topological polar surface area (TPSA) is 149 Å². The van der Waals surface area contributed by atoms with E-state index in [0.29, 0.717) is 5.56 Å². The highest BCUT2D eigenvalue weighted by Gasteiger charge is 2.93. The van der Waals surface area contributed by atoms with E-state index in [2.05, 4.69) is 0 Å². The molecule has 4 aliphatic rings. The first-order valence-electron chi connectivity index (χ1n) is 13.9. The summed E-state index contributed by atoms with van der Waals surface area (Å²) in [6.07, 6.45) is -4.40. The van der Waals surface area contributed by atoms with Crippen LogP contribution >= 0.6 is 0 Å². The summed E-state index contributed by atoms with van der Waals surface area (Å²) >= 11 is 0. The van der Waals surface area contributed by atoms with E-state index in [1.165, 1.54) is 30.2 Å². The lowest BCUT2D eigenvalue weighted by Gasteiger charge is -2.51. The van der Waals surface area contributed by atoms with Crippen LogP contribution in [0.5, 0.6) is 11.5 Å². The van der Waals surface area contributed by atoms with Gasteiger partial charge in [-0.1, -0.05) is 45.0 Å². The molecule has 2 spiro atoms. The molecule has 2 unspecified atom stereocenters. The molecule has 4 fully saturated rings. The van der Waals surface area contributed by atoms with E-state index in [-0.39, 0.29) is 36.4 Å². The number of carbonyl (C=O) groups is 4. The van der Waals surface area contributed by atoms with Gasteiger partial charge in [0, 0.05) is 13.0 Å². The van der Waals surface area contributed by atoms with Crippen LogP contribution in [0, 0.1) is 16.2 Å². The van der Waals surface area contributed by atoms with Gasteiger partial charge in [-0.25, -0.2) is 4.79 Å². The molecule has 42 heavy (non-hydrogen) atoms. The van der Waals surface area contributed by atoms with Crippen molar-refractivity contribution in [3.8, 4) is 11.5 Å². The van der Waals surface area contributed by atoms with E-state index < -0.39 is 70.5 Å². The highest BCUT2D eigenvalue weighted by molar-refractivity contribution is 5.99. The van der Waals surface area contributed by atoms with Crippen molar-refractivity contribution in [2.24, 2.45) is 16.2 Å². The second-order valence-electron chi connectivity index (χ2n) is 12.5. The van der Waals surface area contributed by atoms with Gasteiger partial charge in [0.15, 0.2) is 23.8 Å². The zero-order valence-corrected chi connectivity index (χ0v) is 23.8. The number of aromatic hydroxyl groups is 1. The smallest absolute Gasteiger partial charge is 0.338 e. The van der Waals surface area contributed by atoms with Crippen molar-refractivity contribution in [2.75, 3.05) is 13.7 Å². The maximum absolute atomic E-state index is 14.4. The summed E-state index contributed by atoms with van der Waals surface area (Å²) in [5.41, 5.74) is -5.58. The largest absolute Gasteiger partial charge is 0.504 e. The Morgan fingerprint density at radius 3 is 2.45 bits per heavy atom. The number of amides is 1. The second kappa shape index (κ2) is 9.19. The fraction of sp³-hybridized carbons (Fsp3) is 0.484. The van der Waals surface area contributed by atoms with Crippen LogP contribution in [0.3, 0.4) is 0 Å². The van der Waals surface area contributed by atoms with Crippen molar-refractivity contribution >= 4 is 23.8 Å². The number of hydrogen-bond acceptors (Lipinski definition) is 10. The van der Waals surface area contributed by atoms with E-state index in [1.807, 2.05) is 0 Å². The third kappa shape index (κ3) is 3.43. The number of phenolic OH excluding ortho intramolecular Hbond substituents is 1. The molecule has 1 aliphatic carbocycles. The summed E-state index contributed by atoms with van der Waals surface area (Å²) < 4.78 is 22.7. The Hall–Kier alpha value is -4.12. The van der Waals surface area contributed by atoms with Crippen LogP contribution in [0.2, 0.25) is 0 Å². The number of esters is 3. The maximum atomic E-state index is 14.4. The number of carbonyl (C=O) groups excluding carboxylic acids is 4. The number of nitrogens with zero attached hydrogens (tertiary/aromatic N) is 1. The average molecular weight is 580 g/mol. The van der Waals surface area contributed by atoms with Gasteiger partial charge in [0.1, 0.15) is 16.9 Å². The summed E-state index contributed by atoms with van der Waals surface area (Å²) in [4.78, 5) is 55.7. The quantitative estimate of drug-likeness (QED) is 0.386. The van der Waals surface area contributed by atoms with Crippen molar-refractivity contribution in [1.82, 2.24) is 4.90 Å². The van der Waals surface area contributed by atoms with E-state index >= 15 is 0 Å². The van der Waals surface area contributed by atoms with Gasteiger partial charge in [0.2, 0.25) is 0 Å². The zero-order valence-electron chi connectivity index (χ0n) is 23.8. The molecule has 11 heteroatoms. The number of phenols is 1. The molecule has 2 N–H and O–H groups in total. The molecule has 222 valence electrons. The lowest BCUT2D eigenvalue weighted by molar-refractivity contribution is -0.211. The van der Waals surface area contributed by atoms with Gasteiger partial charge < -0.3 is 34.1 Å². The third-order valence-corrected chi connectivity index (χ3v) is 9.69. The molecule has 3 aliphatic heterocycles. The molecule has 6 rings (SSSR count). The fourth-order valence-corrected chi connectivity index (χ4v) is 7.71. The van der Waals surface area contributed by atoms with Crippen molar-refractivity contribution in [1.29, 1.82) is 0 Å². The number of rotatable bonds is 6. The van der Waals surface area contributed by atoms with Gasteiger partial charge >= 0.3 is 17.9 Å². The van der Waals surface area contributed by atoms with Gasteiger partial charge in [-0.3, -0.25) is 14.4 Å². The van der Waals surface area contributed by atoms with Crippen molar-refractivity contribution in [3.05, 3.63) is 59.7 Å². The minimum absolute atomic E-state index is 0.000536. The van der Waals surface area contributed by atoms with Crippen molar-refractivity contribution in [2.45, 2.75) is 64.1 Å². The van der Waals surface area contributed by atoms with Crippen LogP contribution in [-0.4, -0.2) is 76.6 Å². The third-order valence-electron chi connectivity index (χ3n) is 9.69. The molecule has 0 aromatic heterocycles. The minimum atomic E-state index is -1.85. The molecule has 0 radical (unpaired) electrons. The zero-order chi connectivity index (χ0) is 30.2. The molecular formula is C31H33NO10. The highest BCUT2D eigenvalue weighted by Crippen LogP contribution is 2.76. The molecule has 2 aromatic carbocycles. The molecule has 3 heterocycles. The van der Waals surface area contributed by atoms with Crippen LogP contribution in [-0.2, 0) is 35.0 Å². The van der Waals surface area contributed by atoms with Gasteiger partial charge in [-0.05, 0) is 41.7 Å². The van der Waals surface area contributed by atoms with Crippen LogP contribution in [0.1, 0.15) is 49.5 Å². The SMILES string of the molecule is COc1ccc(CCN2C(=O)[C@H](OC(=O)c3ccccc3)C34[C@@H]2OC(=O)C32CC(=O)O[C@H]2C[C@@]4(O)C(C)(C)C)cc1O. The second-order valence-corrected chi connectivity index (χ2v) is 12.5. The number of methoxy groups -OCH3 is 1. The maximum Gasteiger partial charge on any atom is 0.338 e. The molecule has 1 amide bonds.